The number of rotatable bonds is 2. The zero-order valence-electron chi connectivity index (χ0n) is 8.53. The van der Waals surface area contributed by atoms with Crippen LogP contribution < -0.4 is 5.32 Å². The molecule has 1 aromatic heterocycles. The Morgan fingerprint density at radius 3 is 2.94 bits per heavy atom. The summed E-state index contributed by atoms with van der Waals surface area (Å²) in [6, 6.07) is 6.93. The zero-order valence-corrected chi connectivity index (χ0v) is 9.28. The first-order chi connectivity index (χ1) is 7.66. The van der Waals surface area contributed by atoms with Crippen LogP contribution in [0.1, 0.15) is 16.1 Å². The van der Waals surface area contributed by atoms with Crippen LogP contribution in [-0.4, -0.2) is 11.1 Å². The van der Waals surface area contributed by atoms with Crippen molar-refractivity contribution < 1.29 is 9.32 Å². The van der Waals surface area contributed by atoms with Crippen LogP contribution in [0.2, 0.25) is 5.02 Å². The first-order valence-electron chi connectivity index (χ1n) is 4.65. The molecule has 0 bridgehead atoms. The Morgan fingerprint density at radius 1 is 1.50 bits per heavy atom. The van der Waals surface area contributed by atoms with Gasteiger partial charge < -0.3 is 9.84 Å². The Morgan fingerprint density at radius 2 is 2.31 bits per heavy atom. The third kappa shape index (κ3) is 2.23. The first kappa shape index (κ1) is 10.7. The molecule has 1 heterocycles. The van der Waals surface area contributed by atoms with E-state index in [0.717, 1.165) is 0 Å². The number of nitrogens with zero attached hydrogens (tertiary/aromatic N) is 1. The second-order valence-corrected chi connectivity index (χ2v) is 3.70. The van der Waals surface area contributed by atoms with E-state index in [4.69, 9.17) is 16.1 Å². The lowest BCUT2D eigenvalue weighted by Gasteiger charge is -2.03. The van der Waals surface area contributed by atoms with Gasteiger partial charge in [-0.25, -0.2) is 0 Å². The quantitative estimate of drug-likeness (QED) is 0.872. The van der Waals surface area contributed by atoms with Gasteiger partial charge in [0, 0.05) is 10.7 Å². The number of hydrogen-bond donors (Lipinski definition) is 1. The van der Waals surface area contributed by atoms with Crippen molar-refractivity contribution in [3.05, 3.63) is 46.8 Å². The molecule has 0 spiro atoms. The van der Waals surface area contributed by atoms with E-state index in [2.05, 4.69) is 10.5 Å². The van der Waals surface area contributed by atoms with Crippen molar-refractivity contribution in [2.75, 3.05) is 5.32 Å². The summed E-state index contributed by atoms with van der Waals surface area (Å²) in [6.45, 7) is 1.68. The molecule has 0 unspecified atom stereocenters. The van der Waals surface area contributed by atoms with Crippen LogP contribution in [0, 0.1) is 6.92 Å². The Balaban J connectivity index is 2.17. The average Bonchev–Trinajstić information content (AvgIpc) is 2.64. The van der Waals surface area contributed by atoms with Crippen molar-refractivity contribution in [1.82, 2.24) is 5.16 Å². The number of anilines is 1. The number of benzene rings is 1. The van der Waals surface area contributed by atoms with E-state index in [9.17, 15) is 4.79 Å². The van der Waals surface area contributed by atoms with Crippen molar-refractivity contribution >= 4 is 23.2 Å². The summed E-state index contributed by atoms with van der Waals surface area (Å²) >= 11 is 5.80. The Kier molecular flexibility index (Phi) is 2.92. The van der Waals surface area contributed by atoms with Crippen LogP contribution in [0.25, 0.3) is 0 Å². The topological polar surface area (TPSA) is 55.1 Å². The number of carbonyl (C=O) groups is 1. The molecule has 1 N–H and O–H groups in total. The molecule has 0 aliphatic rings. The highest BCUT2D eigenvalue weighted by Crippen LogP contribution is 2.16. The maximum Gasteiger partial charge on any atom is 0.260 e. The van der Waals surface area contributed by atoms with Gasteiger partial charge in [-0.05, 0) is 25.1 Å². The molecule has 0 aliphatic heterocycles. The van der Waals surface area contributed by atoms with Gasteiger partial charge in [0.2, 0.25) is 0 Å². The lowest BCUT2D eigenvalue weighted by Crippen LogP contribution is -2.11. The fourth-order valence-corrected chi connectivity index (χ4v) is 1.47. The van der Waals surface area contributed by atoms with Crippen LogP contribution in [0.15, 0.2) is 35.0 Å². The molecule has 0 saturated heterocycles. The number of amides is 1. The molecule has 16 heavy (non-hydrogen) atoms. The highest BCUT2D eigenvalue weighted by Gasteiger charge is 2.12. The normalized spacial score (nSPS) is 10.1. The van der Waals surface area contributed by atoms with E-state index in [1.54, 1.807) is 31.2 Å². The van der Waals surface area contributed by atoms with Gasteiger partial charge in [0.15, 0.2) is 0 Å². The Labute approximate surface area is 97.2 Å². The van der Waals surface area contributed by atoms with E-state index < -0.39 is 0 Å². The molecule has 2 rings (SSSR count). The van der Waals surface area contributed by atoms with Gasteiger partial charge in [-0.2, -0.15) is 0 Å². The molecule has 1 amide bonds. The fraction of sp³-hybridized carbons (Fsp3) is 0.0909. The van der Waals surface area contributed by atoms with Crippen LogP contribution in [0.5, 0.6) is 0 Å². The second-order valence-electron chi connectivity index (χ2n) is 3.26. The minimum atomic E-state index is -0.263. The molecule has 0 radical (unpaired) electrons. The van der Waals surface area contributed by atoms with Gasteiger partial charge in [0.05, 0.1) is 6.20 Å². The summed E-state index contributed by atoms with van der Waals surface area (Å²) in [7, 11) is 0. The summed E-state index contributed by atoms with van der Waals surface area (Å²) < 4.78 is 4.81. The molecule has 5 heteroatoms. The van der Waals surface area contributed by atoms with Crippen molar-refractivity contribution in [2.45, 2.75) is 6.92 Å². The average molecular weight is 237 g/mol. The van der Waals surface area contributed by atoms with Crippen LogP contribution >= 0.6 is 11.6 Å². The van der Waals surface area contributed by atoms with E-state index in [-0.39, 0.29) is 5.91 Å². The number of aromatic nitrogens is 1. The standard InChI is InChI=1S/C11H9ClN2O2/c1-7-10(6-13-16-7)11(15)14-9-4-2-3-8(12)5-9/h2-6H,1H3,(H,14,15). The van der Waals surface area contributed by atoms with Gasteiger partial charge in [0.1, 0.15) is 11.3 Å². The molecule has 4 nitrogen and oxygen atoms in total. The van der Waals surface area contributed by atoms with Gasteiger partial charge in [0.25, 0.3) is 5.91 Å². The number of halogens is 1. The summed E-state index contributed by atoms with van der Waals surface area (Å²) in [5.74, 6) is 0.223. The van der Waals surface area contributed by atoms with Gasteiger partial charge >= 0.3 is 0 Å². The molecule has 0 aliphatic carbocycles. The van der Waals surface area contributed by atoms with Crippen molar-refractivity contribution in [3.8, 4) is 0 Å². The predicted molar refractivity (Wildman–Crippen MR) is 60.6 cm³/mol. The molecule has 0 fully saturated rings. The monoisotopic (exact) mass is 236 g/mol. The SMILES string of the molecule is Cc1oncc1C(=O)Nc1cccc(Cl)c1. The van der Waals surface area contributed by atoms with E-state index >= 15 is 0 Å². The van der Waals surface area contributed by atoms with Crippen molar-refractivity contribution in [1.29, 1.82) is 0 Å². The summed E-state index contributed by atoms with van der Waals surface area (Å²) in [6.07, 6.45) is 1.38. The van der Waals surface area contributed by atoms with Gasteiger partial charge in [-0.1, -0.05) is 22.8 Å². The number of hydrogen-bond acceptors (Lipinski definition) is 3. The van der Waals surface area contributed by atoms with Crippen LogP contribution in [0.4, 0.5) is 5.69 Å². The first-order valence-corrected chi connectivity index (χ1v) is 5.03. The second kappa shape index (κ2) is 4.37. The van der Waals surface area contributed by atoms with Crippen molar-refractivity contribution in [2.24, 2.45) is 0 Å². The van der Waals surface area contributed by atoms with E-state index in [1.165, 1.54) is 6.20 Å². The number of carbonyl (C=O) groups excluding carboxylic acids is 1. The van der Waals surface area contributed by atoms with Gasteiger partial charge in [-0.15, -0.1) is 0 Å². The summed E-state index contributed by atoms with van der Waals surface area (Å²) in [4.78, 5) is 11.8. The van der Waals surface area contributed by atoms with E-state index in [0.29, 0.717) is 22.0 Å². The number of nitrogens with one attached hydrogen (secondary N) is 1. The van der Waals surface area contributed by atoms with Crippen molar-refractivity contribution in [3.63, 3.8) is 0 Å². The van der Waals surface area contributed by atoms with Crippen LogP contribution in [-0.2, 0) is 0 Å². The molecule has 82 valence electrons. The lowest BCUT2D eigenvalue weighted by atomic mass is 10.2. The predicted octanol–water partition coefficient (Wildman–Crippen LogP) is 2.89. The maximum absolute atomic E-state index is 11.8. The lowest BCUT2D eigenvalue weighted by molar-refractivity contribution is 0.102. The van der Waals surface area contributed by atoms with Crippen LogP contribution in [0.3, 0.4) is 0 Å². The van der Waals surface area contributed by atoms with Gasteiger partial charge in [-0.3, -0.25) is 4.79 Å². The largest absolute Gasteiger partial charge is 0.361 e. The molecule has 2 aromatic rings. The molecule has 1 aromatic carbocycles. The molecule has 0 atom stereocenters. The zero-order chi connectivity index (χ0) is 11.5. The Hall–Kier alpha value is -1.81. The minimum absolute atomic E-state index is 0.263. The summed E-state index contributed by atoms with van der Waals surface area (Å²) in [5, 5.41) is 6.81. The maximum atomic E-state index is 11.8. The fourth-order valence-electron chi connectivity index (χ4n) is 1.28. The Bertz CT molecular complexity index is 522. The third-order valence-corrected chi connectivity index (χ3v) is 2.31. The highest BCUT2D eigenvalue weighted by molar-refractivity contribution is 6.30. The smallest absolute Gasteiger partial charge is 0.260 e. The molecular weight excluding hydrogens is 228 g/mol. The minimum Gasteiger partial charge on any atom is -0.361 e. The summed E-state index contributed by atoms with van der Waals surface area (Å²) in [5.41, 5.74) is 1.05. The highest BCUT2D eigenvalue weighted by atomic mass is 35.5. The number of aryl methyl sites for hydroxylation is 1. The molecular formula is C11H9ClN2O2. The van der Waals surface area contributed by atoms with E-state index in [1.807, 2.05) is 0 Å². The molecule has 0 saturated carbocycles. The third-order valence-electron chi connectivity index (χ3n) is 2.08.